The van der Waals surface area contributed by atoms with E-state index in [0.717, 1.165) is 10.7 Å². The van der Waals surface area contributed by atoms with E-state index in [4.69, 9.17) is 21.1 Å². The Balaban J connectivity index is 1.94. The second-order valence-electron chi connectivity index (χ2n) is 4.92. The topological polar surface area (TPSA) is 98.8 Å². The van der Waals surface area contributed by atoms with Gasteiger partial charge in [0.15, 0.2) is 0 Å². The van der Waals surface area contributed by atoms with Crippen LogP contribution in [0.15, 0.2) is 56.3 Å². The van der Waals surface area contributed by atoms with Gasteiger partial charge in [-0.3, -0.25) is 4.99 Å². The highest BCUT2D eigenvalue weighted by molar-refractivity contribution is 9.10. The molecule has 0 fully saturated rings. The van der Waals surface area contributed by atoms with E-state index in [0.29, 0.717) is 10.6 Å². The van der Waals surface area contributed by atoms with E-state index in [2.05, 4.69) is 25.9 Å². The lowest BCUT2D eigenvalue weighted by Crippen LogP contribution is -1.97. The van der Waals surface area contributed by atoms with Crippen molar-refractivity contribution in [3.8, 4) is 17.4 Å². The number of carbonyl (C=O) groups is 1. The van der Waals surface area contributed by atoms with E-state index in [1.807, 2.05) is 0 Å². The van der Waals surface area contributed by atoms with Crippen molar-refractivity contribution < 1.29 is 19.4 Å². The van der Waals surface area contributed by atoms with E-state index in [-0.39, 0.29) is 22.8 Å². The Bertz CT molecular complexity index is 967. The highest BCUT2D eigenvalue weighted by Gasteiger charge is 2.10. The van der Waals surface area contributed by atoms with Gasteiger partial charge in [-0.25, -0.2) is 9.78 Å². The van der Waals surface area contributed by atoms with E-state index < -0.39 is 11.9 Å². The Morgan fingerprint density at radius 2 is 2.00 bits per heavy atom. The van der Waals surface area contributed by atoms with Gasteiger partial charge >= 0.3 is 5.97 Å². The number of aromatic nitrogens is 1. The van der Waals surface area contributed by atoms with Crippen molar-refractivity contribution in [2.75, 3.05) is 0 Å². The molecule has 0 aliphatic rings. The van der Waals surface area contributed by atoms with E-state index in [1.54, 1.807) is 24.3 Å². The summed E-state index contributed by atoms with van der Waals surface area (Å²) in [6.07, 6.45) is 1.16. The lowest BCUT2D eigenvalue weighted by molar-refractivity contribution is -0.293. The van der Waals surface area contributed by atoms with Gasteiger partial charge in [-0.15, -0.1) is 0 Å². The van der Waals surface area contributed by atoms with Gasteiger partial charge in [0.05, 0.1) is 23.4 Å². The van der Waals surface area contributed by atoms with Gasteiger partial charge in [-0.1, -0.05) is 39.7 Å². The molecule has 2 aromatic carbocycles. The second kappa shape index (κ2) is 7.08. The zero-order valence-electron chi connectivity index (χ0n) is 12.4. The second-order valence-corrected chi connectivity index (χ2v) is 6.28. The molecule has 0 aliphatic heterocycles. The minimum Gasteiger partial charge on any atom is -0.562 e. The molecule has 0 amide bonds. The number of hydrogen-bond donors (Lipinski definition) is 1. The fourth-order valence-corrected chi connectivity index (χ4v) is 2.47. The van der Waals surface area contributed by atoms with Crippen LogP contribution in [0.5, 0.6) is 5.95 Å². The summed E-state index contributed by atoms with van der Waals surface area (Å²) in [5.41, 5.74) is 0.681. The number of carboxylic acid groups (broad SMARTS) is 1. The fourth-order valence-electron chi connectivity index (χ4n) is 2.04. The average molecular weight is 421 g/mol. The summed E-state index contributed by atoms with van der Waals surface area (Å²) >= 11 is 9.18. The van der Waals surface area contributed by atoms with Gasteiger partial charge in [0.2, 0.25) is 0 Å². The first-order valence-corrected chi connectivity index (χ1v) is 8.12. The van der Waals surface area contributed by atoms with E-state index >= 15 is 0 Å². The number of hydrogen-bond acceptors (Lipinski definition) is 5. The fraction of sp³-hybridized carbons (Fsp3) is 0. The maximum atomic E-state index is 11.9. The summed E-state index contributed by atoms with van der Waals surface area (Å²) in [7, 11) is 0. The Morgan fingerprint density at radius 3 is 2.68 bits per heavy atom. The lowest BCUT2D eigenvalue weighted by atomic mass is 10.2. The number of benzene rings is 2. The first kappa shape index (κ1) is 17.2. The number of aliphatic imine (C=N–C) groups is 1. The summed E-state index contributed by atoms with van der Waals surface area (Å²) in [6, 6.07) is 11.3. The Morgan fingerprint density at radius 1 is 1.28 bits per heavy atom. The molecule has 1 N–H and O–H groups in total. The zero-order chi connectivity index (χ0) is 18.0. The Kier molecular flexibility index (Phi) is 4.87. The van der Waals surface area contributed by atoms with Crippen molar-refractivity contribution in [2.45, 2.75) is 0 Å². The number of aromatic carboxylic acids is 1. The van der Waals surface area contributed by atoms with Gasteiger partial charge in [0.25, 0.3) is 0 Å². The summed E-state index contributed by atoms with van der Waals surface area (Å²) in [5.74, 6) is -1.66. The highest BCUT2D eigenvalue weighted by atomic mass is 79.9. The molecule has 1 aromatic heterocycles. The maximum absolute atomic E-state index is 11.9. The molecule has 0 radical (unpaired) electrons. The number of carboxylic acids is 1. The average Bonchev–Trinajstić information content (AvgIpc) is 2.94. The van der Waals surface area contributed by atoms with Crippen LogP contribution in [-0.4, -0.2) is 22.3 Å². The molecule has 6 nitrogen and oxygen atoms in total. The molecule has 1 heterocycles. The van der Waals surface area contributed by atoms with E-state index in [1.165, 1.54) is 18.2 Å². The standard InChI is InChI=1S/C17H10BrClN2O4/c18-10-3-1-9(2-4-10)15-21-14(17(24)25-15)8-20-13-7-11(19)5-6-12(13)16(22)23/h1-8,24H,(H,22,23)/p-1. The van der Waals surface area contributed by atoms with Gasteiger partial charge < -0.3 is 14.6 Å². The minimum absolute atomic E-state index is 0.0331. The van der Waals surface area contributed by atoms with Crippen LogP contribution in [0.2, 0.25) is 5.02 Å². The number of oxazole rings is 1. The van der Waals surface area contributed by atoms with Crippen molar-refractivity contribution in [3.63, 3.8) is 0 Å². The summed E-state index contributed by atoms with van der Waals surface area (Å²) in [6.45, 7) is 0. The van der Waals surface area contributed by atoms with Crippen LogP contribution in [0, 0.1) is 0 Å². The maximum Gasteiger partial charge on any atom is 0.337 e. The molecule has 3 aromatic rings. The van der Waals surface area contributed by atoms with Crippen molar-refractivity contribution >= 4 is 45.4 Å². The van der Waals surface area contributed by atoms with Crippen LogP contribution >= 0.6 is 27.5 Å². The predicted octanol–water partition coefficient (Wildman–Crippen LogP) is 4.28. The monoisotopic (exact) mass is 419 g/mol. The first-order valence-electron chi connectivity index (χ1n) is 6.95. The molecular formula is C17H9BrClN2O4-. The van der Waals surface area contributed by atoms with E-state index in [9.17, 15) is 9.90 Å². The van der Waals surface area contributed by atoms with Crippen LogP contribution < -0.4 is 5.11 Å². The third-order valence-corrected chi connectivity index (χ3v) is 3.99. The largest absolute Gasteiger partial charge is 0.562 e. The van der Waals surface area contributed by atoms with Crippen molar-refractivity contribution in [1.29, 1.82) is 0 Å². The van der Waals surface area contributed by atoms with Gasteiger partial charge in [0, 0.05) is 15.1 Å². The predicted molar refractivity (Wildman–Crippen MR) is 94.8 cm³/mol. The molecule has 126 valence electrons. The number of rotatable bonds is 4. The molecule has 25 heavy (non-hydrogen) atoms. The number of halogens is 2. The normalized spacial score (nSPS) is 11.1. The molecule has 0 spiro atoms. The third kappa shape index (κ3) is 3.89. The van der Waals surface area contributed by atoms with Crippen LogP contribution in [0.3, 0.4) is 0 Å². The summed E-state index contributed by atoms with van der Waals surface area (Å²) in [5, 5.41) is 21.4. The SMILES string of the molecule is O=C(O)c1ccc(Cl)cc1N=Cc1nc(-c2ccc(Br)cc2)oc1[O-]. The lowest BCUT2D eigenvalue weighted by Gasteiger charge is -2.01. The summed E-state index contributed by atoms with van der Waals surface area (Å²) in [4.78, 5) is 19.3. The first-order chi connectivity index (χ1) is 11.9. The van der Waals surface area contributed by atoms with Crippen LogP contribution in [0.25, 0.3) is 11.5 Å². The molecule has 0 saturated heterocycles. The molecule has 0 atom stereocenters. The molecule has 0 aliphatic carbocycles. The molecule has 0 bridgehead atoms. The smallest absolute Gasteiger partial charge is 0.337 e. The van der Waals surface area contributed by atoms with Crippen LogP contribution in [-0.2, 0) is 0 Å². The van der Waals surface area contributed by atoms with Gasteiger partial charge in [0.1, 0.15) is 11.6 Å². The summed E-state index contributed by atoms with van der Waals surface area (Å²) < 4.78 is 6.00. The molecule has 3 rings (SSSR count). The Hall–Kier alpha value is -2.64. The third-order valence-electron chi connectivity index (χ3n) is 3.23. The molecular weight excluding hydrogens is 412 g/mol. The molecule has 8 heteroatoms. The number of nitrogens with zero attached hydrogens (tertiary/aromatic N) is 2. The van der Waals surface area contributed by atoms with Crippen molar-refractivity contribution in [1.82, 2.24) is 4.98 Å². The van der Waals surface area contributed by atoms with Crippen molar-refractivity contribution in [3.05, 3.63) is 63.2 Å². The minimum atomic E-state index is -1.15. The van der Waals surface area contributed by atoms with Crippen LogP contribution in [0.4, 0.5) is 5.69 Å². The highest BCUT2D eigenvalue weighted by Crippen LogP contribution is 2.27. The van der Waals surface area contributed by atoms with Crippen molar-refractivity contribution in [2.24, 2.45) is 4.99 Å². The van der Waals surface area contributed by atoms with Gasteiger partial charge in [-0.05, 0) is 30.3 Å². The molecule has 0 saturated carbocycles. The quantitative estimate of drug-likeness (QED) is 0.635. The van der Waals surface area contributed by atoms with Crippen LogP contribution in [0.1, 0.15) is 16.1 Å². The molecule has 0 unspecified atom stereocenters. The van der Waals surface area contributed by atoms with Gasteiger partial charge in [-0.2, -0.15) is 0 Å². The Labute approximate surface area is 155 Å². The zero-order valence-corrected chi connectivity index (χ0v) is 14.8.